The zero-order valence-electron chi connectivity index (χ0n) is 15.3. The Morgan fingerprint density at radius 3 is 2.67 bits per heavy atom. The summed E-state index contributed by atoms with van der Waals surface area (Å²) < 4.78 is 5.84. The van der Waals surface area contributed by atoms with Crippen molar-refractivity contribution in [2.24, 2.45) is 0 Å². The molecule has 0 aliphatic carbocycles. The standard InChI is InChI=1S/C19H20N4O2S2/c1-12-5-4-6-16(13(12)2)21-18-22-23-19(27-18)26-11-17(24)20-14-7-9-15(25-3)10-8-14/h4-10H,11H2,1-3H3,(H,20,24)(H,21,22). The number of nitrogens with zero attached hydrogens (tertiary/aromatic N) is 2. The van der Waals surface area contributed by atoms with Gasteiger partial charge in [0.05, 0.1) is 12.9 Å². The summed E-state index contributed by atoms with van der Waals surface area (Å²) in [6, 6.07) is 13.3. The smallest absolute Gasteiger partial charge is 0.234 e. The van der Waals surface area contributed by atoms with Gasteiger partial charge in [0, 0.05) is 11.4 Å². The highest BCUT2D eigenvalue weighted by atomic mass is 32.2. The van der Waals surface area contributed by atoms with Crippen LogP contribution in [0.1, 0.15) is 11.1 Å². The van der Waals surface area contributed by atoms with Gasteiger partial charge in [-0.3, -0.25) is 4.79 Å². The van der Waals surface area contributed by atoms with Gasteiger partial charge in [0.25, 0.3) is 0 Å². The number of carbonyl (C=O) groups is 1. The molecule has 140 valence electrons. The van der Waals surface area contributed by atoms with Crippen molar-refractivity contribution in [3.05, 3.63) is 53.6 Å². The summed E-state index contributed by atoms with van der Waals surface area (Å²) in [4.78, 5) is 12.1. The third-order valence-electron chi connectivity index (χ3n) is 3.95. The molecule has 1 heterocycles. The van der Waals surface area contributed by atoms with Crippen LogP contribution in [0.25, 0.3) is 0 Å². The molecular formula is C19H20N4O2S2. The zero-order chi connectivity index (χ0) is 19.2. The monoisotopic (exact) mass is 400 g/mol. The van der Waals surface area contributed by atoms with Gasteiger partial charge in [-0.2, -0.15) is 0 Å². The van der Waals surface area contributed by atoms with Gasteiger partial charge < -0.3 is 15.4 Å². The quantitative estimate of drug-likeness (QED) is 0.563. The molecular weight excluding hydrogens is 380 g/mol. The van der Waals surface area contributed by atoms with E-state index in [1.165, 1.54) is 34.2 Å². The van der Waals surface area contributed by atoms with Crippen molar-refractivity contribution < 1.29 is 9.53 Å². The number of amides is 1. The molecule has 2 N–H and O–H groups in total. The SMILES string of the molecule is COc1ccc(NC(=O)CSc2nnc(Nc3cccc(C)c3C)s2)cc1. The highest BCUT2D eigenvalue weighted by Gasteiger charge is 2.10. The van der Waals surface area contributed by atoms with E-state index in [1.54, 1.807) is 31.4 Å². The number of thioether (sulfide) groups is 1. The lowest BCUT2D eigenvalue weighted by molar-refractivity contribution is -0.113. The Morgan fingerprint density at radius 2 is 1.93 bits per heavy atom. The van der Waals surface area contributed by atoms with E-state index in [2.05, 4.69) is 40.7 Å². The maximum absolute atomic E-state index is 12.1. The number of nitrogens with one attached hydrogen (secondary N) is 2. The molecule has 0 saturated heterocycles. The van der Waals surface area contributed by atoms with Crippen molar-refractivity contribution in [2.75, 3.05) is 23.5 Å². The van der Waals surface area contributed by atoms with E-state index in [0.717, 1.165) is 21.5 Å². The molecule has 8 heteroatoms. The molecule has 1 amide bonds. The summed E-state index contributed by atoms with van der Waals surface area (Å²) in [5.74, 6) is 0.925. The molecule has 3 aromatic rings. The van der Waals surface area contributed by atoms with Crippen LogP contribution in [0, 0.1) is 13.8 Å². The molecule has 3 rings (SSSR count). The largest absolute Gasteiger partial charge is 0.497 e. The predicted octanol–water partition coefficient (Wildman–Crippen LogP) is 4.64. The maximum Gasteiger partial charge on any atom is 0.234 e. The molecule has 1 aromatic heterocycles. The minimum absolute atomic E-state index is 0.0931. The fourth-order valence-electron chi connectivity index (χ4n) is 2.32. The van der Waals surface area contributed by atoms with Gasteiger partial charge in [0.2, 0.25) is 11.0 Å². The number of carbonyl (C=O) groups excluding carboxylic acids is 1. The average Bonchev–Trinajstić information content (AvgIpc) is 3.12. The molecule has 0 atom stereocenters. The molecule has 2 aromatic carbocycles. The average molecular weight is 401 g/mol. The lowest BCUT2D eigenvalue weighted by atomic mass is 10.1. The lowest BCUT2D eigenvalue weighted by Gasteiger charge is -2.08. The van der Waals surface area contributed by atoms with Gasteiger partial charge in [0.15, 0.2) is 4.34 Å². The number of aromatic nitrogens is 2. The second-order valence-corrected chi connectivity index (χ2v) is 8.01. The van der Waals surface area contributed by atoms with Crippen LogP contribution in [0.5, 0.6) is 5.75 Å². The molecule has 0 unspecified atom stereocenters. The number of ether oxygens (including phenoxy) is 1. The molecule has 0 bridgehead atoms. The Morgan fingerprint density at radius 1 is 1.15 bits per heavy atom. The summed E-state index contributed by atoms with van der Waals surface area (Å²) >= 11 is 2.79. The summed E-state index contributed by atoms with van der Waals surface area (Å²) in [5, 5.41) is 15.1. The highest BCUT2D eigenvalue weighted by molar-refractivity contribution is 8.01. The molecule has 0 aliphatic heterocycles. The van der Waals surface area contributed by atoms with E-state index >= 15 is 0 Å². The Balaban J connectivity index is 1.52. The molecule has 0 saturated carbocycles. The van der Waals surface area contributed by atoms with E-state index < -0.39 is 0 Å². The van der Waals surface area contributed by atoms with Gasteiger partial charge in [0.1, 0.15) is 5.75 Å². The van der Waals surface area contributed by atoms with Gasteiger partial charge in [-0.05, 0) is 55.3 Å². The van der Waals surface area contributed by atoms with Gasteiger partial charge in [-0.25, -0.2) is 0 Å². The molecule has 0 fully saturated rings. The van der Waals surface area contributed by atoms with Crippen molar-refractivity contribution in [3.8, 4) is 5.75 Å². The fourth-order valence-corrected chi connectivity index (χ4v) is 3.88. The Kier molecular flexibility index (Phi) is 6.31. The van der Waals surface area contributed by atoms with Crippen LogP contribution in [0.2, 0.25) is 0 Å². The number of methoxy groups -OCH3 is 1. The number of aryl methyl sites for hydroxylation is 1. The summed E-state index contributed by atoms with van der Waals surface area (Å²) in [6.45, 7) is 4.14. The van der Waals surface area contributed by atoms with Gasteiger partial charge in [-0.15, -0.1) is 10.2 Å². The van der Waals surface area contributed by atoms with Crippen LogP contribution in [-0.2, 0) is 4.79 Å². The molecule has 6 nitrogen and oxygen atoms in total. The van der Waals surface area contributed by atoms with Crippen LogP contribution in [-0.4, -0.2) is 29.0 Å². The first-order valence-electron chi connectivity index (χ1n) is 8.28. The van der Waals surface area contributed by atoms with E-state index in [4.69, 9.17) is 4.74 Å². The first-order chi connectivity index (χ1) is 13.0. The second-order valence-electron chi connectivity index (χ2n) is 5.81. The third-order valence-corrected chi connectivity index (χ3v) is 5.93. The fraction of sp³-hybridized carbons (Fsp3) is 0.211. The topological polar surface area (TPSA) is 76.1 Å². The number of rotatable bonds is 7. The first kappa shape index (κ1) is 19.2. The summed E-state index contributed by atoms with van der Waals surface area (Å²) in [7, 11) is 1.61. The number of hydrogen-bond acceptors (Lipinski definition) is 7. The highest BCUT2D eigenvalue weighted by Crippen LogP contribution is 2.29. The number of anilines is 3. The predicted molar refractivity (Wildman–Crippen MR) is 111 cm³/mol. The van der Waals surface area contributed by atoms with Crippen LogP contribution in [0.4, 0.5) is 16.5 Å². The van der Waals surface area contributed by atoms with Crippen molar-refractivity contribution in [3.63, 3.8) is 0 Å². The molecule has 0 aliphatic rings. The second kappa shape index (κ2) is 8.88. The van der Waals surface area contributed by atoms with Gasteiger partial charge in [-0.1, -0.05) is 35.2 Å². The van der Waals surface area contributed by atoms with E-state index in [1.807, 2.05) is 12.1 Å². The maximum atomic E-state index is 12.1. The van der Waals surface area contributed by atoms with Gasteiger partial charge >= 0.3 is 0 Å². The minimum Gasteiger partial charge on any atom is -0.497 e. The summed E-state index contributed by atoms with van der Waals surface area (Å²) in [6.07, 6.45) is 0. The number of benzene rings is 2. The lowest BCUT2D eigenvalue weighted by Crippen LogP contribution is -2.13. The summed E-state index contributed by atoms with van der Waals surface area (Å²) in [5.41, 5.74) is 4.14. The Labute approximate surface area is 166 Å². The Hall–Kier alpha value is -2.58. The van der Waals surface area contributed by atoms with Crippen molar-refractivity contribution in [2.45, 2.75) is 18.2 Å². The van der Waals surface area contributed by atoms with Crippen LogP contribution < -0.4 is 15.4 Å². The Bertz CT molecular complexity index is 926. The van der Waals surface area contributed by atoms with Crippen LogP contribution in [0.3, 0.4) is 0 Å². The third kappa shape index (κ3) is 5.21. The van der Waals surface area contributed by atoms with Crippen molar-refractivity contribution in [1.29, 1.82) is 0 Å². The van der Waals surface area contributed by atoms with Crippen molar-refractivity contribution >= 4 is 45.5 Å². The number of hydrogen-bond donors (Lipinski definition) is 2. The van der Waals surface area contributed by atoms with Crippen molar-refractivity contribution in [1.82, 2.24) is 10.2 Å². The molecule has 0 spiro atoms. The molecule has 27 heavy (non-hydrogen) atoms. The van der Waals surface area contributed by atoms with Crippen LogP contribution >= 0.6 is 23.1 Å². The normalized spacial score (nSPS) is 10.5. The molecule has 0 radical (unpaired) electrons. The van der Waals surface area contributed by atoms with E-state index in [9.17, 15) is 4.79 Å². The van der Waals surface area contributed by atoms with Crippen LogP contribution in [0.15, 0.2) is 46.8 Å². The van der Waals surface area contributed by atoms with E-state index in [-0.39, 0.29) is 11.7 Å². The minimum atomic E-state index is -0.0931. The van der Waals surface area contributed by atoms with E-state index in [0.29, 0.717) is 5.13 Å². The zero-order valence-corrected chi connectivity index (χ0v) is 16.9. The first-order valence-corrected chi connectivity index (χ1v) is 10.1.